The number of piperazine rings is 1. The second kappa shape index (κ2) is 12.3. The first kappa shape index (κ1) is 23.8. The van der Waals surface area contributed by atoms with E-state index in [0.29, 0.717) is 32.0 Å². The van der Waals surface area contributed by atoms with Gasteiger partial charge in [-0.25, -0.2) is 9.78 Å². The SMILES string of the molecule is CCOC(=O)CCNC(=O)N1CCC[C@@H](CCC(=O)N2CCN(c3ccccn3)CC2)C1. The van der Waals surface area contributed by atoms with Crippen LogP contribution in [0.25, 0.3) is 0 Å². The number of likely N-dealkylation sites (tertiary alicyclic amines) is 1. The summed E-state index contributed by atoms with van der Waals surface area (Å²) in [5.41, 5.74) is 0. The van der Waals surface area contributed by atoms with E-state index in [2.05, 4.69) is 15.2 Å². The number of urea groups is 1. The van der Waals surface area contributed by atoms with Gasteiger partial charge in [-0.1, -0.05) is 6.07 Å². The van der Waals surface area contributed by atoms with Crippen molar-refractivity contribution in [2.45, 2.75) is 39.0 Å². The maximum atomic E-state index is 12.7. The summed E-state index contributed by atoms with van der Waals surface area (Å²) in [4.78, 5) is 46.8. The van der Waals surface area contributed by atoms with Gasteiger partial charge < -0.3 is 24.8 Å². The van der Waals surface area contributed by atoms with Gasteiger partial charge in [-0.15, -0.1) is 0 Å². The van der Waals surface area contributed by atoms with Crippen LogP contribution < -0.4 is 10.2 Å². The summed E-state index contributed by atoms with van der Waals surface area (Å²) in [6, 6.07) is 5.74. The fraction of sp³-hybridized carbons (Fsp3) is 0.652. The average Bonchev–Trinajstić information content (AvgIpc) is 2.83. The van der Waals surface area contributed by atoms with Gasteiger partial charge in [-0.2, -0.15) is 0 Å². The first-order chi connectivity index (χ1) is 15.6. The molecule has 0 aliphatic carbocycles. The normalized spacial score (nSPS) is 18.9. The summed E-state index contributed by atoms with van der Waals surface area (Å²) in [5, 5.41) is 2.80. The van der Waals surface area contributed by atoms with E-state index in [0.717, 1.165) is 51.3 Å². The lowest BCUT2D eigenvalue weighted by Gasteiger charge is -2.36. The highest BCUT2D eigenvalue weighted by Crippen LogP contribution is 2.22. The molecule has 0 unspecified atom stereocenters. The Balaban J connectivity index is 1.35. The molecule has 1 atom stereocenters. The molecule has 1 N–H and O–H groups in total. The van der Waals surface area contributed by atoms with Crippen LogP contribution in [-0.4, -0.2) is 85.1 Å². The Hall–Kier alpha value is -2.84. The number of carbonyl (C=O) groups is 3. The molecule has 32 heavy (non-hydrogen) atoms. The number of nitrogens with one attached hydrogen (secondary N) is 1. The summed E-state index contributed by atoms with van der Waals surface area (Å²) in [6.45, 7) is 6.79. The molecule has 1 aromatic heterocycles. The van der Waals surface area contributed by atoms with Crippen LogP contribution in [0.5, 0.6) is 0 Å². The zero-order valence-electron chi connectivity index (χ0n) is 19.0. The summed E-state index contributed by atoms with van der Waals surface area (Å²) < 4.78 is 4.87. The highest BCUT2D eigenvalue weighted by atomic mass is 16.5. The number of aromatic nitrogens is 1. The third-order valence-electron chi connectivity index (χ3n) is 6.09. The lowest BCUT2D eigenvalue weighted by atomic mass is 9.93. The monoisotopic (exact) mass is 445 g/mol. The number of hydrogen-bond donors (Lipinski definition) is 1. The summed E-state index contributed by atoms with van der Waals surface area (Å²) >= 11 is 0. The van der Waals surface area contributed by atoms with Crippen molar-refractivity contribution in [1.82, 2.24) is 20.1 Å². The highest BCUT2D eigenvalue weighted by Gasteiger charge is 2.26. The maximum Gasteiger partial charge on any atom is 0.317 e. The van der Waals surface area contributed by atoms with Crippen LogP contribution in [0, 0.1) is 5.92 Å². The molecule has 3 rings (SSSR count). The van der Waals surface area contributed by atoms with Crippen LogP contribution in [0.15, 0.2) is 24.4 Å². The van der Waals surface area contributed by atoms with Crippen LogP contribution in [0.2, 0.25) is 0 Å². The van der Waals surface area contributed by atoms with Crippen molar-refractivity contribution >= 4 is 23.7 Å². The Bertz CT molecular complexity index is 752. The van der Waals surface area contributed by atoms with Crippen molar-refractivity contribution in [3.63, 3.8) is 0 Å². The minimum Gasteiger partial charge on any atom is -0.466 e. The van der Waals surface area contributed by atoms with E-state index in [1.165, 1.54) is 0 Å². The number of ether oxygens (including phenoxy) is 1. The van der Waals surface area contributed by atoms with Gasteiger partial charge in [0.25, 0.3) is 0 Å². The van der Waals surface area contributed by atoms with E-state index in [9.17, 15) is 14.4 Å². The predicted octanol–water partition coefficient (Wildman–Crippen LogP) is 1.89. The third kappa shape index (κ3) is 7.10. The Labute approximate surface area is 190 Å². The van der Waals surface area contributed by atoms with Gasteiger partial charge in [0.05, 0.1) is 13.0 Å². The first-order valence-electron chi connectivity index (χ1n) is 11.7. The predicted molar refractivity (Wildman–Crippen MR) is 121 cm³/mol. The zero-order chi connectivity index (χ0) is 22.8. The van der Waals surface area contributed by atoms with Gasteiger partial charge in [0, 0.05) is 58.4 Å². The number of nitrogens with zero attached hydrogens (tertiary/aromatic N) is 4. The highest BCUT2D eigenvalue weighted by molar-refractivity contribution is 5.77. The molecule has 2 saturated heterocycles. The smallest absolute Gasteiger partial charge is 0.317 e. The molecule has 2 fully saturated rings. The maximum absolute atomic E-state index is 12.7. The fourth-order valence-electron chi connectivity index (χ4n) is 4.31. The Morgan fingerprint density at radius 1 is 1.09 bits per heavy atom. The van der Waals surface area contributed by atoms with E-state index in [4.69, 9.17) is 4.74 Å². The van der Waals surface area contributed by atoms with E-state index in [1.807, 2.05) is 23.1 Å². The summed E-state index contributed by atoms with van der Waals surface area (Å²) in [5.74, 6) is 1.19. The van der Waals surface area contributed by atoms with E-state index < -0.39 is 0 Å². The standard InChI is InChI=1S/C23H35N5O4/c1-2-32-22(30)10-12-25-23(31)28-13-5-6-19(18-28)8-9-21(29)27-16-14-26(15-17-27)20-7-3-4-11-24-20/h3-4,7,11,19H,2,5-6,8-10,12-18H2,1H3,(H,25,31)/t19-/m0/s1. The molecular formula is C23H35N5O4. The molecule has 0 bridgehead atoms. The Morgan fingerprint density at radius 3 is 2.62 bits per heavy atom. The molecule has 0 spiro atoms. The minimum atomic E-state index is -0.302. The molecular weight excluding hydrogens is 410 g/mol. The third-order valence-corrected chi connectivity index (χ3v) is 6.09. The van der Waals surface area contributed by atoms with Crippen molar-refractivity contribution in [1.29, 1.82) is 0 Å². The number of esters is 1. The Morgan fingerprint density at radius 2 is 1.91 bits per heavy atom. The van der Waals surface area contributed by atoms with Crippen LogP contribution in [0.4, 0.5) is 10.6 Å². The molecule has 0 radical (unpaired) electrons. The van der Waals surface area contributed by atoms with Gasteiger partial charge in [-0.05, 0) is 44.2 Å². The molecule has 3 amide bonds. The summed E-state index contributed by atoms with van der Waals surface area (Å²) in [6.07, 6.45) is 5.26. The van der Waals surface area contributed by atoms with Crippen molar-refractivity contribution in [2.75, 3.05) is 57.3 Å². The topological polar surface area (TPSA) is 95.1 Å². The van der Waals surface area contributed by atoms with Crippen molar-refractivity contribution in [2.24, 2.45) is 5.92 Å². The molecule has 2 aliphatic rings. The van der Waals surface area contributed by atoms with Gasteiger partial charge in [0.15, 0.2) is 0 Å². The van der Waals surface area contributed by atoms with Gasteiger partial charge in [-0.3, -0.25) is 9.59 Å². The number of amides is 3. The molecule has 0 saturated carbocycles. The van der Waals surface area contributed by atoms with Gasteiger partial charge in [0.1, 0.15) is 5.82 Å². The number of hydrogen-bond acceptors (Lipinski definition) is 6. The lowest BCUT2D eigenvalue weighted by Crippen LogP contribution is -2.49. The van der Waals surface area contributed by atoms with Crippen LogP contribution >= 0.6 is 0 Å². The number of rotatable bonds is 8. The molecule has 2 aliphatic heterocycles. The molecule has 9 nitrogen and oxygen atoms in total. The number of carbonyl (C=O) groups excluding carboxylic acids is 3. The largest absolute Gasteiger partial charge is 0.466 e. The molecule has 1 aromatic rings. The summed E-state index contributed by atoms with van der Waals surface area (Å²) in [7, 11) is 0. The van der Waals surface area contributed by atoms with Crippen LogP contribution in [-0.2, 0) is 14.3 Å². The first-order valence-corrected chi connectivity index (χ1v) is 11.7. The van der Waals surface area contributed by atoms with Gasteiger partial charge in [0.2, 0.25) is 5.91 Å². The lowest BCUT2D eigenvalue weighted by molar-refractivity contribution is -0.142. The second-order valence-electron chi connectivity index (χ2n) is 8.34. The number of piperidine rings is 1. The average molecular weight is 446 g/mol. The Kier molecular flexibility index (Phi) is 9.13. The minimum absolute atomic E-state index is 0.143. The van der Waals surface area contributed by atoms with E-state index >= 15 is 0 Å². The van der Waals surface area contributed by atoms with Crippen molar-refractivity contribution in [3.05, 3.63) is 24.4 Å². The van der Waals surface area contributed by atoms with E-state index in [1.54, 1.807) is 18.0 Å². The molecule has 176 valence electrons. The number of anilines is 1. The second-order valence-corrected chi connectivity index (χ2v) is 8.34. The van der Waals surface area contributed by atoms with E-state index in [-0.39, 0.29) is 30.9 Å². The van der Waals surface area contributed by atoms with Crippen LogP contribution in [0.1, 0.15) is 39.0 Å². The molecule has 9 heteroatoms. The molecule has 0 aromatic carbocycles. The zero-order valence-corrected chi connectivity index (χ0v) is 19.0. The quantitative estimate of drug-likeness (QED) is 0.614. The number of pyridine rings is 1. The van der Waals surface area contributed by atoms with Gasteiger partial charge >= 0.3 is 12.0 Å². The van der Waals surface area contributed by atoms with Crippen molar-refractivity contribution < 1.29 is 19.1 Å². The fourth-order valence-corrected chi connectivity index (χ4v) is 4.31. The molecule has 3 heterocycles. The van der Waals surface area contributed by atoms with Crippen LogP contribution in [0.3, 0.4) is 0 Å². The van der Waals surface area contributed by atoms with Crippen molar-refractivity contribution in [3.8, 4) is 0 Å².